The van der Waals surface area contributed by atoms with Crippen molar-refractivity contribution in [3.63, 3.8) is 0 Å². The highest BCUT2D eigenvalue weighted by Crippen LogP contribution is 2.32. The number of ether oxygens (including phenoxy) is 4. The third-order valence-electron chi connectivity index (χ3n) is 10.9. The number of amides is 4. The van der Waals surface area contributed by atoms with Gasteiger partial charge in [0, 0.05) is 31.8 Å². The van der Waals surface area contributed by atoms with E-state index in [1.165, 1.54) is 0 Å². The van der Waals surface area contributed by atoms with Gasteiger partial charge in [0.25, 0.3) is 0 Å². The fraction of sp³-hybridized carbons (Fsp3) is 0.882. The van der Waals surface area contributed by atoms with Gasteiger partial charge in [-0.25, -0.2) is 0 Å². The zero-order valence-electron chi connectivity index (χ0n) is 33.6. The van der Waals surface area contributed by atoms with Gasteiger partial charge in [-0.05, 0) is 0 Å². The monoisotopic (exact) mass is 954 g/mol. The molecule has 63 heavy (non-hydrogen) atoms. The summed E-state index contributed by atoms with van der Waals surface area (Å²) in [6.07, 6.45) is -35.8. The molecule has 0 spiro atoms. The molecule has 0 aromatic heterocycles. The predicted molar refractivity (Wildman–Crippen MR) is 208 cm³/mol. The minimum atomic E-state index is -2.06. The fourth-order valence-corrected chi connectivity index (χ4v) is 9.64. The van der Waals surface area contributed by atoms with E-state index in [1.807, 2.05) is 0 Å². The number of nitrogens with one attached hydrogen (secondary N) is 4. The zero-order chi connectivity index (χ0) is 47.2. The van der Waals surface area contributed by atoms with Crippen LogP contribution in [0.2, 0.25) is 0 Å². The number of rotatable bonds is 17. The molecule has 364 valence electrons. The van der Waals surface area contributed by atoms with Crippen molar-refractivity contribution in [3.8, 4) is 0 Å². The smallest absolute Gasteiger partial charge is 0.243 e. The second-order valence-corrected chi connectivity index (χ2v) is 18.1. The second kappa shape index (κ2) is 23.5. The Bertz CT molecular complexity index is 1500. The molecule has 0 aromatic rings. The molecule has 19 N–H and O–H groups in total. The van der Waals surface area contributed by atoms with Gasteiger partial charge < -0.3 is 117 Å². The quantitative estimate of drug-likeness (QED) is 0.0475. The largest absolute Gasteiger partial charge is 0.394 e. The molecular formula is C34H58N4O23S2. The second-order valence-electron chi connectivity index (χ2n) is 15.6. The Hall–Kier alpha value is -2.18. The number of carbonyl (C=O) groups is 4. The molecule has 2 aliphatic heterocycles. The van der Waals surface area contributed by atoms with E-state index < -0.39 is 177 Å². The highest BCUT2D eigenvalue weighted by Gasteiger charge is 2.54. The van der Waals surface area contributed by atoms with Gasteiger partial charge in [0.05, 0.1) is 25.4 Å². The van der Waals surface area contributed by atoms with Gasteiger partial charge in [-0.2, -0.15) is 0 Å². The van der Waals surface area contributed by atoms with Crippen LogP contribution in [0.3, 0.4) is 0 Å². The van der Waals surface area contributed by atoms with Gasteiger partial charge in [-0.1, -0.05) is 21.6 Å². The van der Waals surface area contributed by atoms with Crippen LogP contribution in [0.5, 0.6) is 0 Å². The standard InChI is InChI=1S/C34H58N4O23S2/c1-8(41)35-11(31(56)37-10-3-13(43)14(4-39)58-33(10)60-29-25(52)21(48)19(46)22(49)26(29)53)6-62-63-7-12(36-9(2)42)32(57)38-16-18(45)17(44)15(5-40)59-34(16)61-30-27(54)23(50)20(47)24(51)28(30)55/h10-30,33-34,39-40,43-55H,3-7H2,1-2H3,(H,35,41)(H,36,42)(H,37,56)(H,38,57)/t10-,11+,12-,13+,14-,15-,16-,17?,18?,19?,20?,21+,22?,23+,24?,25+,26-,27?,28-,29?,30?,33?,34+/m1/s1. The highest BCUT2D eigenvalue weighted by molar-refractivity contribution is 8.76. The Kier molecular flexibility index (Phi) is 19.9. The molecule has 2 aliphatic carbocycles. The van der Waals surface area contributed by atoms with Crippen molar-refractivity contribution in [2.45, 2.75) is 161 Å². The van der Waals surface area contributed by atoms with Gasteiger partial charge >= 0.3 is 0 Å². The van der Waals surface area contributed by atoms with Crippen LogP contribution in [-0.2, 0) is 38.1 Å². The Morgan fingerprint density at radius 3 is 1.33 bits per heavy atom. The minimum absolute atomic E-state index is 0.236. The van der Waals surface area contributed by atoms with E-state index in [2.05, 4.69) is 21.3 Å². The third kappa shape index (κ3) is 12.8. The van der Waals surface area contributed by atoms with E-state index in [9.17, 15) is 95.8 Å². The molecule has 4 fully saturated rings. The molecule has 0 radical (unpaired) electrons. The Morgan fingerprint density at radius 2 is 0.921 bits per heavy atom. The van der Waals surface area contributed by atoms with Gasteiger partial charge in [0.2, 0.25) is 23.6 Å². The lowest BCUT2D eigenvalue weighted by molar-refractivity contribution is -0.319. The Morgan fingerprint density at radius 1 is 0.540 bits per heavy atom. The van der Waals surface area contributed by atoms with Gasteiger partial charge in [0.1, 0.15) is 116 Å². The van der Waals surface area contributed by atoms with Crippen molar-refractivity contribution in [3.05, 3.63) is 0 Å². The number of carbonyl (C=O) groups excluding carboxylic acids is 4. The third-order valence-corrected chi connectivity index (χ3v) is 13.4. The lowest BCUT2D eigenvalue weighted by atomic mass is 9.84. The molecule has 2 heterocycles. The summed E-state index contributed by atoms with van der Waals surface area (Å²) in [4.78, 5) is 51.6. The maximum absolute atomic E-state index is 13.6. The molecule has 23 atom stereocenters. The maximum atomic E-state index is 13.6. The van der Waals surface area contributed by atoms with Crippen LogP contribution in [-0.4, -0.2) is 265 Å². The van der Waals surface area contributed by atoms with Crippen LogP contribution >= 0.6 is 21.6 Å². The number of hydrogen-bond donors (Lipinski definition) is 19. The van der Waals surface area contributed by atoms with Crippen molar-refractivity contribution in [1.82, 2.24) is 21.3 Å². The summed E-state index contributed by atoms with van der Waals surface area (Å²) >= 11 is 0. The zero-order valence-corrected chi connectivity index (χ0v) is 35.2. The fourth-order valence-electron chi connectivity index (χ4n) is 7.31. The molecule has 2 saturated heterocycles. The summed E-state index contributed by atoms with van der Waals surface area (Å²) < 4.78 is 22.3. The lowest BCUT2D eigenvalue weighted by Crippen LogP contribution is -2.69. The first-order valence-electron chi connectivity index (χ1n) is 19.6. The van der Waals surface area contributed by atoms with Gasteiger partial charge in [-0.3, -0.25) is 19.2 Å². The van der Waals surface area contributed by atoms with Crippen LogP contribution in [0, 0.1) is 0 Å². The van der Waals surface area contributed by atoms with Crippen LogP contribution in [0.15, 0.2) is 0 Å². The summed E-state index contributed by atoms with van der Waals surface area (Å²) in [5.74, 6) is -3.84. The first kappa shape index (κ1) is 53.4. The first-order chi connectivity index (χ1) is 29.5. The molecule has 10 unspecified atom stereocenters. The molecule has 0 aromatic carbocycles. The normalized spacial score (nSPS) is 43.0. The van der Waals surface area contributed by atoms with E-state index in [0.717, 1.165) is 35.4 Å². The molecule has 4 rings (SSSR count). The molecule has 0 bridgehead atoms. The van der Waals surface area contributed by atoms with Gasteiger partial charge in [-0.15, -0.1) is 0 Å². The molecule has 29 heteroatoms. The first-order valence-corrected chi connectivity index (χ1v) is 22.1. The van der Waals surface area contributed by atoms with Crippen molar-refractivity contribution in [2.24, 2.45) is 0 Å². The summed E-state index contributed by atoms with van der Waals surface area (Å²) in [7, 11) is 1.80. The summed E-state index contributed by atoms with van der Waals surface area (Å²) in [6, 6.07) is -5.89. The molecule has 2 saturated carbocycles. The van der Waals surface area contributed by atoms with Crippen molar-refractivity contribution in [1.29, 1.82) is 0 Å². The van der Waals surface area contributed by atoms with Crippen LogP contribution < -0.4 is 21.3 Å². The number of aliphatic hydroxyl groups is 15. The molecular weight excluding hydrogens is 897 g/mol. The summed E-state index contributed by atoms with van der Waals surface area (Å²) in [5.41, 5.74) is 0. The lowest BCUT2D eigenvalue weighted by Gasteiger charge is -2.47. The average molecular weight is 955 g/mol. The maximum Gasteiger partial charge on any atom is 0.243 e. The minimum Gasteiger partial charge on any atom is -0.394 e. The number of aliphatic hydroxyl groups excluding tert-OH is 15. The van der Waals surface area contributed by atoms with Gasteiger partial charge in [0.15, 0.2) is 12.6 Å². The van der Waals surface area contributed by atoms with Crippen molar-refractivity contribution in [2.75, 3.05) is 24.7 Å². The molecule has 4 aliphatic rings. The SMILES string of the molecule is CC(=O)N[C@@H](CSSC[C@@H](NC(C)=O)C(=O)N[C@@H]1C(O)C(O)[C@@H](CO)O[C@H]1OC1C(O)[C@@H](O)C(O)C(O)[C@H]1O)C(=O)N[C@@H]1C[C@H](O)[C@@H](CO)OC1OC1[C@H](O)C(O)C(O)[C@H](O)[C@@H]1O. The Balaban J connectivity index is 1.44. The van der Waals surface area contributed by atoms with E-state index in [4.69, 9.17) is 18.9 Å². The summed E-state index contributed by atoms with van der Waals surface area (Å²) in [6.45, 7) is 0.527. The summed E-state index contributed by atoms with van der Waals surface area (Å²) in [5, 5.41) is 164. The van der Waals surface area contributed by atoms with Crippen LogP contribution in [0.1, 0.15) is 20.3 Å². The van der Waals surface area contributed by atoms with E-state index in [0.29, 0.717) is 0 Å². The van der Waals surface area contributed by atoms with E-state index in [1.54, 1.807) is 0 Å². The topological polar surface area (TPSA) is 457 Å². The van der Waals surface area contributed by atoms with E-state index >= 15 is 0 Å². The van der Waals surface area contributed by atoms with E-state index in [-0.39, 0.29) is 17.9 Å². The van der Waals surface area contributed by atoms with Crippen LogP contribution in [0.4, 0.5) is 0 Å². The van der Waals surface area contributed by atoms with Crippen LogP contribution in [0.25, 0.3) is 0 Å². The van der Waals surface area contributed by atoms with Crippen molar-refractivity contribution >= 4 is 45.2 Å². The Labute approximate surface area is 366 Å². The number of hydrogen-bond acceptors (Lipinski definition) is 25. The predicted octanol–water partition coefficient (Wildman–Crippen LogP) is -11.3. The van der Waals surface area contributed by atoms with Crippen molar-refractivity contribution < 1.29 is 115 Å². The average Bonchev–Trinajstić information content (AvgIpc) is 3.24. The molecule has 4 amide bonds. The highest BCUT2D eigenvalue weighted by atomic mass is 33.1. The molecule has 27 nitrogen and oxygen atoms in total.